The minimum atomic E-state index is -0.324. The molecular formula is C21H23N3O3. The molecule has 1 heterocycles. The molecule has 140 valence electrons. The molecule has 0 aliphatic heterocycles. The highest BCUT2D eigenvalue weighted by atomic mass is 16.5. The molecule has 0 saturated heterocycles. The summed E-state index contributed by atoms with van der Waals surface area (Å²) in [6.45, 7) is 4.88. The number of amides is 2. The molecule has 0 unspecified atom stereocenters. The predicted octanol–water partition coefficient (Wildman–Crippen LogP) is 4.92. The van der Waals surface area contributed by atoms with Crippen LogP contribution in [0.1, 0.15) is 13.8 Å². The first kappa shape index (κ1) is 18.4. The summed E-state index contributed by atoms with van der Waals surface area (Å²) >= 11 is 0. The van der Waals surface area contributed by atoms with Crippen molar-refractivity contribution in [1.29, 1.82) is 0 Å². The van der Waals surface area contributed by atoms with E-state index in [2.05, 4.69) is 10.6 Å². The number of carbonyl (C=O) groups excluding carboxylic acids is 1. The van der Waals surface area contributed by atoms with E-state index in [0.717, 1.165) is 5.69 Å². The number of carbonyl (C=O) groups is 1. The second-order valence-electron chi connectivity index (χ2n) is 5.74. The van der Waals surface area contributed by atoms with Crippen LogP contribution in [-0.2, 0) is 0 Å². The molecule has 2 N–H and O–H groups in total. The molecule has 3 aromatic rings. The molecule has 0 radical (unpaired) electrons. The van der Waals surface area contributed by atoms with Crippen LogP contribution in [0.5, 0.6) is 11.5 Å². The summed E-state index contributed by atoms with van der Waals surface area (Å²) in [6.07, 6.45) is 3.94. The van der Waals surface area contributed by atoms with E-state index in [9.17, 15) is 4.79 Å². The van der Waals surface area contributed by atoms with Crippen molar-refractivity contribution in [3.63, 3.8) is 0 Å². The van der Waals surface area contributed by atoms with Gasteiger partial charge in [0.2, 0.25) is 0 Å². The molecule has 6 nitrogen and oxygen atoms in total. The monoisotopic (exact) mass is 365 g/mol. The largest absolute Gasteiger partial charge is 0.490 e. The third-order valence-electron chi connectivity index (χ3n) is 3.83. The maximum atomic E-state index is 12.3. The normalized spacial score (nSPS) is 10.3. The van der Waals surface area contributed by atoms with Gasteiger partial charge in [-0.2, -0.15) is 0 Å². The van der Waals surface area contributed by atoms with Crippen LogP contribution < -0.4 is 20.1 Å². The molecule has 6 heteroatoms. The minimum absolute atomic E-state index is 0.324. The fraction of sp³-hybridized carbons (Fsp3) is 0.190. The minimum Gasteiger partial charge on any atom is -0.490 e. The van der Waals surface area contributed by atoms with Gasteiger partial charge >= 0.3 is 6.03 Å². The van der Waals surface area contributed by atoms with E-state index < -0.39 is 0 Å². The van der Waals surface area contributed by atoms with Gasteiger partial charge in [0.05, 0.1) is 13.2 Å². The Kier molecular flexibility index (Phi) is 5.99. The van der Waals surface area contributed by atoms with E-state index in [0.29, 0.717) is 36.1 Å². The average molecular weight is 365 g/mol. The predicted molar refractivity (Wildman–Crippen MR) is 107 cm³/mol. The second kappa shape index (κ2) is 8.80. The smallest absolute Gasteiger partial charge is 0.323 e. The molecule has 0 aliphatic carbocycles. The Morgan fingerprint density at radius 1 is 0.852 bits per heavy atom. The van der Waals surface area contributed by atoms with Crippen LogP contribution in [0.3, 0.4) is 0 Å². The van der Waals surface area contributed by atoms with E-state index in [-0.39, 0.29) is 6.03 Å². The quantitative estimate of drug-likeness (QED) is 0.625. The highest BCUT2D eigenvalue weighted by molar-refractivity contribution is 6.00. The number of rotatable bonds is 7. The summed E-state index contributed by atoms with van der Waals surface area (Å²) in [6, 6.07) is 16.5. The van der Waals surface area contributed by atoms with Crippen molar-refractivity contribution >= 4 is 17.4 Å². The number of nitrogens with one attached hydrogen (secondary N) is 2. The highest BCUT2D eigenvalue weighted by Crippen LogP contribution is 2.30. The molecule has 1 aromatic heterocycles. The number of ether oxygens (including phenoxy) is 2. The zero-order valence-corrected chi connectivity index (χ0v) is 15.4. The van der Waals surface area contributed by atoms with E-state index in [1.807, 2.05) is 67.2 Å². The van der Waals surface area contributed by atoms with Crippen LogP contribution in [0.4, 0.5) is 16.2 Å². The van der Waals surface area contributed by atoms with Gasteiger partial charge in [-0.05, 0) is 62.4 Å². The molecule has 2 amide bonds. The Balaban J connectivity index is 1.64. The number of hydrogen-bond donors (Lipinski definition) is 2. The molecule has 0 aliphatic rings. The molecule has 0 atom stereocenters. The third kappa shape index (κ3) is 4.82. The number of anilines is 2. The Bertz CT molecular complexity index is 874. The number of urea groups is 1. The van der Waals surface area contributed by atoms with Crippen molar-refractivity contribution in [3.8, 4) is 17.2 Å². The molecule has 0 bridgehead atoms. The summed E-state index contributed by atoms with van der Waals surface area (Å²) in [5, 5.41) is 5.63. The summed E-state index contributed by atoms with van der Waals surface area (Å²) in [5.41, 5.74) is 2.36. The number of benzene rings is 2. The Morgan fingerprint density at radius 2 is 1.44 bits per heavy atom. The van der Waals surface area contributed by atoms with Gasteiger partial charge < -0.3 is 24.7 Å². The maximum Gasteiger partial charge on any atom is 0.323 e. The first-order valence-electron chi connectivity index (χ1n) is 8.90. The second-order valence-corrected chi connectivity index (χ2v) is 5.74. The van der Waals surface area contributed by atoms with Gasteiger partial charge in [0.1, 0.15) is 0 Å². The van der Waals surface area contributed by atoms with Crippen LogP contribution in [0.25, 0.3) is 5.69 Å². The zero-order valence-electron chi connectivity index (χ0n) is 15.4. The zero-order chi connectivity index (χ0) is 19.1. The summed E-state index contributed by atoms with van der Waals surface area (Å²) in [7, 11) is 0. The first-order valence-corrected chi connectivity index (χ1v) is 8.90. The van der Waals surface area contributed by atoms with Crippen molar-refractivity contribution in [2.24, 2.45) is 0 Å². The molecule has 3 rings (SSSR count). The van der Waals surface area contributed by atoms with Gasteiger partial charge in [-0.15, -0.1) is 0 Å². The van der Waals surface area contributed by atoms with Crippen LogP contribution in [0, 0.1) is 0 Å². The van der Waals surface area contributed by atoms with Gasteiger partial charge in [0.15, 0.2) is 11.5 Å². The van der Waals surface area contributed by atoms with E-state index in [1.165, 1.54) is 0 Å². The van der Waals surface area contributed by atoms with E-state index in [4.69, 9.17) is 9.47 Å². The lowest BCUT2D eigenvalue weighted by molar-refractivity contribution is 0.262. The number of aromatic nitrogens is 1. The third-order valence-corrected chi connectivity index (χ3v) is 3.83. The first-order chi connectivity index (χ1) is 13.2. The molecule has 2 aromatic carbocycles. The molecule has 0 saturated carbocycles. The lowest BCUT2D eigenvalue weighted by Gasteiger charge is -2.13. The van der Waals surface area contributed by atoms with Crippen molar-refractivity contribution in [3.05, 3.63) is 67.0 Å². The highest BCUT2D eigenvalue weighted by Gasteiger charge is 2.09. The Hall–Kier alpha value is -3.41. The molecule has 0 spiro atoms. The van der Waals surface area contributed by atoms with Gasteiger partial charge in [-0.3, -0.25) is 0 Å². The van der Waals surface area contributed by atoms with Crippen LogP contribution in [0.2, 0.25) is 0 Å². The summed E-state index contributed by atoms with van der Waals surface area (Å²) < 4.78 is 13.1. The standard InChI is InChI=1S/C21H23N3O3/c1-3-26-19-12-9-17(15-20(19)27-4-2)23-21(25)22-16-7-10-18(11-8-16)24-13-5-6-14-24/h5-15H,3-4H2,1-2H3,(H2,22,23,25). The van der Waals surface area contributed by atoms with Crippen molar-refractivity contribution in [2.75, 3.05) is 23.8 Å². The maximum absolute atomic E-state index is 12.3. The van der Waals surface area contributed by atoms with Crippen molar-refractivity contribution in [1.82, 2.24) is 4.57 Å². The lowest BCUT2D eigenvalue weighted by Crippen LogP contribution is -2.19. The van der Waals surface area contributed by atoms with E-state index >= 15 is 0 Å². The number of hydrogen-bond acceptors (Lipinski definition) is 3. The van der Waals surface area contributed by atoms with Gasteiger partial charge in [0, 0.05) is 35.5 Å². The lowest BCUT2D eigenvalue weighted by atomic mass is 10.2. The average Bonchev–Trinajstić information content (AvgIpc) is 3.19. The summed E-state index contributed by atoms with van der Waals surface area (Å²) in [5.74, 6) is 1.26. The van der Waals surface area contributed by atoms with Gasteiger partial charge in [-0.1, -0.05) is 0 Å². The SMILES string of the molecule is CCOc1ccc(NC(=O)Nc2ccc(-n3cccc3)cc2)cc1OCC. The van der Waals surface area contributed by atoms with Crippen molar-refractivity contribution < 1.29 is 14.3 Å². The van der Waals surface area contributed by atoms with E-state index in [1.54, 1.807) is 18.2 Å². The molecular weight excluding hydrogens is 342 g/mol. The van der Waals surface area contributed by atoms with Crippen LogP contribution in [-0.4, -0.2) is 23.8 Å². The Morgan fingerprint density at radius 3 is 2.11 bits per heavy atom. The summed E-state index contributed by atoms with van der Waals surface area (Å²) in [4.78, 5) is 12.3. The van der Waals surface area contributed by atoms with Gasteiger partial charge in [0.25, 0.3) is 0 Å². The molecule has 0 fully saturated rings. The Labute approximate surface area is 158 Å². The number of nitrogens with zero attached hydrogens (tertiary/aromatic N) is 1. The van der Waals surface area contributed by atoms with Crippen LogP contribution in [0.15, 0.2) is 67.0 Å². The topological polar surface area (TPSA) is 64.5 Å². The van der Waals surface area contributed by atoms with Gasteiger partial charge in [-0.25, -0.2) is 4.79 Å². The van der Waals surface area contributed by atoms with Crippen molar-refractivity contribution in [2.45, 2.75) is 13.8 Å². The fourth-order valence-electron chi connectivity index (χ4n) is 2.65. The fourth-order valence-corrected chi connectivity index (χ4v) is 2.65. The molecule has 27 heavy (non-hydrogen) atoms. The van der Waals surface area contributed by atoms with Crippen LogP contribution >= 0.6 is 0 Å².